The van der Waals surface area contributed by atoms with Gasteiger partial charge in [-0.15, -0.1) is 0 Å². The largest absolute Gasteiger partial charge is 0.629 e. The molecule has 1 rings (SSSR count). The number of rotatable bonds is 3. The third-order valence-corrected chi connectivity index (χ3v) is 1.67. The molecule has 4 heteroatoms. The minimum atomic E-state index is -0.0408. The van der Waals surface area contributed by atoms with Gasteiger partial charge in [0.25, 0.3) is 0 Å². The lowest BCUT2D eigenvalue weighted by atomic mass is 10.3. The summed E-state index contributed by atoms with van der Waals surface area (Å²) in [6, 6.07) is 4.57. The molecule has 0 radical (unpaired) electrons. The van der Waals surface area contributed by atoms with E-state index in [9.17, 15) is 10.3 Å². The molecular weight excluding hydrogens is 170 g/mol. The normalized spacial score (nSPS) is 12.5. The van der Waals surface area contributed by atoms with Crippen molar-refractivity contribution in [2.24, 2.45) is 0 Å². The maximum Gasteiger partial charge on any atom is 0.166 e. The Morgan fingerprint density at radius 2 is 2.23 bits per heavy atom. The topological polar surface area (TPSA) is 57.0 Å². The predicted octanol–water partition coefficient (Wildman–Crippen LogP) is 0.435. The van der Waals surface area contributed by atoms with Crippen LogP contribution in [0.3, 0.4) is 0 Å². The summed E-state index contributed by atoms with van der Waals surface area (Å²) in [6.07, 6.45) is 0. The number of nitrogens with one attached hydrogen (secondary N) is 1. The van der Waals surface area contributed by atoms with Crippen LogP contribution in [-0.4, -0.2) is 18.8 Å². The first-order valence-corrected chi connectivity index (χ1v) is 4.12. The molecule has 0 spiro atoms. The smallest absolute Gasteiger partial charge is 0.166 e. The molecule has 0 bridgehead atoms. The third-order valence-electron chi connectivity index (χ3n) is 1.67. The molecule has 0 aliphatic heterocycles. The van der Waals surface area contributed by atoms with Gasteiger partial charge in [-0.1, -0.05) is 0 Å². The number of benzene rings is 1. The van der Waals surface area contributed by atoms with Crippen molar-refractivity contribution in [2.45, 2.75) is 6.92 Å². The van der Waals surface area contributed by atoms with Crippen molar-refractivity contribution < 1.29 is 14.9 Å². The van der Waals surface area contributed by atoms with E-state index < -0.39 is 0 Å². The van der Waals surface area contributed by atoms with Gasteiger partial charge in [0.2, 0.25) is 0 Å². The molecule has 0 saturated heterocycles. The lowest BCUT2D eigenvalue weighted by molar-refractivity contribution is -0.751. The van der Waals surface area contributed by atoms with E-state index in [1.807, 2.05) is 6.92 Å². The highest BCUT2D eigenvalue weighted by molar-refractivity contribution is 5.47. The van der Waals surface area contributed by atoms with Gasteiger partial charge in [0.05, 0.1) is 13.7 Å². The molecule has 13 heavy (non-hydrogen) atoms. The lowest BCUT2D eigenvalue weighted by Crippen LogP contribution is -2.98. The second-order valence-electron chi connectivity index (χ2n) is 2.67. The van der Waals surface area contributed by atoms with Gasteiger partial charge in [-0.2, -0.15) is 0 Å². The zero-order valence-corrected chi connectivity index (χ0v) is 7.70. The summed E-state index contributed by atoms with van der Waals surface area (Å²) in [4.78, 5) is 0. The van der Waals surface area contributed by atoms with Crippen LogP contribution in [0.5, 0.6) is 11.5 Å². The van der Waals surface area contributed by atoms with Crippen LogP contribution in [0.15, 0.2) is 18.2 Å². The molecule has 0 saturated carbocycles. The highest BCUT2D eigenvalue weighted by Crippen LogP contribution is 2.27. The zero-order valence-electron chi connectivity index (χ0n) is 7.70. The minimum Gasteiger partial charge on any atom is -0.629 e. The number of aromatic hydroxyl groups is 1. The molecule has 72 valence electrons. The Labute approximate surface area is 76.9 Å². The third kappa shape index (κ3) is 2.34. The van der Waals surface area contributed by atoms with Crippen LogP contribution in [0, 0.1) is 5.21 Å². The van der Waals surface area contributed by atoms with Crippen molar-refractivity contribution >= 4 is 5.69 Å². The summed E-state index contributed by atoms with van der Waals surface area (Å²) in [6.45, 7) is 2.29. The molecular formula is C9H13NO3. The van der Waals surface area contributed by atoms with Crippen molar-refractivity contribution in [3.05, 3.63) is 23.4 Å². The molecule has 0 aromatic heterocycles. The van der Waals surface area contributed by atoms with E-state index in [0.29, 0.717) is 18.0 Å². The number of ether oxygens (including phenoxy) is 1. The molecule has 0 aliphatic carbocycles. The summed E-state index contributed by atoms with van der Waals surface area (Å²) >= 11 is 0. The van der Waals surface area contributed by atoms with E-state index in [1.165, 1.54) is 13.1 Å². The molecule has 1 aromatic rings. The van der Waals surface area contributed by atoms with Crippen molar-refractivity contribution in [2.75, 3.05) is 13.7 Å². The quantitative estimate of drug-likeness (QED) is 0.528. The molecule has 0 aliphatic rings. The summed E-state index contributed by atoms with van der Waals surface area (Å²) in [5.41, 5.74) is 0.543. The molecule has 1 aromatic carbocycles. The Kier molecular flexibility index (Phi) is 3.11. The van der Waals surface area contributed by atoms with Gasteiger partial charge >= 0.3 is 0 Å². The summed E-state index contributed by atoms with van der Waals surface area (Å²) in [5, 5.41) is 20.2. The minimum absolute atomic E-state index is 0.0408. The van der Waals surface area contributed by atoms with E-state index in [2.05, 4.69) is 0 Å². The van der Waals surface area contributed by atoms with E-state index in [4.69, 9.17) is 4.74 Å². The van der Waals surface area contributed by atoms with Gasteiger partial charge in [0.1, 0.15) is 5.69 Å². The average Bonchev–Trinajstić information content (AvgIpc) is 2.08. The van der Waals surface area contributed by atoms with Gasteiger partial charge in [0.15, 0.2) is 11.5 Å². The molecule has 4 nitrogen and oxygen atoms in total. The van der Waals surface area contributed by atoms with Crippen LogP contribution >= 0.6 is 0 Å². The molecule has 1 unspecified atom stereocenters. The second-order valence-corrected chi connectivity index (χ2v) is 2.67. The maximum atomic E-state index is 11.0. The fraction of sp³-hybridized carbons (Fsp3) is 0.333. The van der Waals surface area contributed by atoms with E-state index in [-0.39, 0.29) is 10.8 Å². The van der Waals surface area contributed by atoms with Crippen LogP contribution in [0.1, 0.15) is 6.92 Å². The zero-order chi connectivity index (χ0) is 9.84. The number of quaternary nitrogens is 1. The number of phenolic OH excluding ortho intramolecular Hbond substituents is 1. The van der Waals surface area contributed by atoms with Gasteiger partial charge in [-0.25, -0.2) is 0 Å². The summed E-state index contributed by atoms with van der Waals surface area (Å²) in [5.74, 6) is 0.419. The Morgan fingerprint density at radius 3 is 2.77 bits per heavy atom. The van der Waals surface area contributed by atoms with Crippen LogP contribution in [0.4, 0.5) is 5.69 Å². The van der Waals surface area contributed by atoms with Gasteiger partial charge in [-0.05, 0) is 13.0 Å². The maximum absolute atomic E-state index is 11.0. The predicted molar refractivity (Wildman–Crippen MR) is 49.2 cm³/mol. The highest BCUT2D eigenvalue weighted by atomic mass is 16.5. The monoisotopic (exact) mass is 183 g/mol. The molecule has 0 heterocycles. The van der Waals surface area contributed by atoms with Crippen LogP contribution < -0.4 is 9.80 Å². The average molecular weight is 183 g/mol. The Hall–Kier alpha value is -1.26. The molecule has 1 atom stereocenters. The lowest BCUT2D eigenvalue weighted by Gasteiger charge is -2.16. The fourth-order valence-electron chi connectivity index (χ4n) is 1.00. The van der Waals surface area contributed by atoms with Crippen LogP contribution in [0.25, 0.3) is 0 Å². The second kappa shape index (κ2) is 4.11. The highest BCUT2D eigenvalue weighted by Gasteiger charge is 2.05. The Morgan fingerprint density at radius 1 is 1.54 bits per heavy atom. The van der Waals surface area contributed by atoms with Crippen LogP contribution in [-0.2, 0) is 0 Å². The van der Waals surface area contributed by atoms with E-state index >= 15 is 0 Å². The number of hydrogen-bond acceptors (Lipinski definition) is 3. The standard InChI is InChI=1S/C9H13NO3/c1-3-13-9-6-7(10(2)12)4-5-8(9)11/h4-6,10-11H,3H2,1-2H3. The molecule has 2 N–H and O–H groups in total. The van der Waals surface area contributed by atoms with Gasteiger partial charge in [0, 0.05) is 12.1 Å². The molecule has 0 amide bonds. The number of hydrogen-bond donors (Lipinski definition) is 2. The van der Waals surface area contributed by atoms with E-state index in [1.54, 1.807) is 12.1 Å². The van der Waals surface area contributed by atoms with Crippen molar-refractivity contribution in [1.82, 2.24) is 0 Å². The fourth-order valence-corrected chi connectivity index (χ4v) is 1.00. The van der Waals surface area contributed by atoms with Crippen molar-refractivity contribution in [3.63, 3.8) is 0 Å². The first-order valence-electron chi connectivity index (χ1n) is 4.12. The summed E-state index contributed by atoms with van der Waals surface area (Å²) < 4.78 is 5.13. The van der Waals surface area contributed by atoms with Crippen LogP contribution in [0.2, 0.25) is 0 Å². The number of hydroxylamine groups is 1. The summed E-state index contributed by atoms with van der Waals surface area (Å²) in [7, 11) is 1.47. The molecule has 0 fully saturated rings. The first-order chi connectivity index (χ1) is 6.15. The van der Waals surface area contributed by atoms with Crippen molar-refractivity contribution in [3.8, 4) is 11.5 Å². The first kappa shape index (κ1) is 9.83. The number of phenols is 1. The Balaban J connectivity index is 2.97. The van der Waals surface area contributed by atoms with Gasteiger partial charge in [-0.3, -0.25) is 0 Å². The van der Waals surface area contributed by atoms with Gasteiger partial charge < -0.3 is 20.1 Å². The SMILES string of the molecule is CCOc1cc([NH+](C)[O-])ccc1O. The Bertz CT molecular complexity index is 286. The van der Waals surface area contributed by atoms with Crippen molar-refractivity contribution in [1.29, 1.82) is 0 Å². The van der Waals surface area contributed by atoms with E-state index in [0.717, 1.165) is 0 Å².